The molecule has 318 valence electrons. The Bertz CT molecular complexity index is 1600. The van der Waals surface area contributed by atoms with Crippen LogP contribution in [-0.4, -0.2) is 94.1 Å². The van der Waals surface area contributed by atoms with Gasteiger partial charge in [0.1, 0.15) is 6.10 Å². The minimum absolute atomic E-state index is 0.0322. The highest BCUT2D eigenvalue weighted by atomic mass is 16.6. The lowest BCUT2D eigenvalue weighted by molar-refractivity contribution is -0.166. The van der Waals surface area contributed by atoms with Crippen molar-refractivity contribution in [2.45, 2.75) is 118 Å². The number of esters is 3. The smallest absolute Gasteiger partial charge is 0.331 e. The van der Waals surface area contributed by atoms with Gasteiger partial charge in [-0.05, 0) is 143 Å². The molecule has 0 aromatic rings. The van der Waals surface area contributed by atoms with Gasteiger partial charge in [-0.25, -0.2) is 4.79 Å². The van der Waals surface area contributed by atoms with E-state index in [4.69, 9.17) is 19.9 Å². The number of hydrogen-bond donors (Lipinski definition) is 4. The van der Waals surface area contributed by atoms with Gasteiger partial charge in [0, 0.05) is 42.2 Å². The molecule has 2 spiro atoms. The lowest BCUT2D eigenvalue weighted by Crippen LogP contribution is -2.56. The zero-order valence-electron chi connectivity index (χ0n) is 35.4. The molecule has 0 aromatic carbocycles. The summed E-state index contributed by atoms with van der Waals surface area (Å²) < 4.78 is 17.6. The molecule has 12 nitrogen and oxygen atoms in total. The van der Waals surface area contributed by atoms with Crippen LogP contribution < -0.4 is 21.7 Å². The lowest BCUT2D eigenvalue weighted by atomic mass is 9.43. The molecular weight excluding hydrogens is 725 g/mol. The van der Waals surface area contributed by atoms with Crippen LogP contribution in [0.3, 0.4) is 0 Å². The van der Waals surface area contributed by atoms with Crippen molar-refractivity contribution in [1.82, 2.24) is 16.0 Å². The van der Waals surface area contributed by atoms with E-state index in [2.05, 4.69) is 42.8 Å². The summed E-state index contributed by atoms with van der Waals surface area (Å²) in [5.41, 5.74) is 5.50. The first-order chi connectivity index (χ1) is 27.2. The number of allylic oxidation sites excluding steroid dienone is 2. The van der Waals surface area contributed by atoms with Crippen LogP contribution in [0, 0.1) is 57.2 Å². The Morgan fingerprint density at radius 1 is 0.947 bits per heavy atom. The third-order valence-electron chi connectivity index (χ3n) is 16.0. The topological polar surface area (TPSA) is 175 Å². The second-order valence-electron chi connectivity index (χ2n) is 19.0. The third kappa shape index (κ3) is 8.18. The monoisotopic (exact) mass is 795 g/mol. The van der Waals surface area contributed by atoms with Crippen LogP contribution in [0.5, 0.6) is 0 Å². The lowest BCUT2D eigenvalue weighted by Gasteiger charge is -2.61. The van der Waals surface area contributed by atoms with Gasteiger partial charge in [0.25, 0.3) is 0 Å². The molecule has 1 aliphatic heterocycles. The number of carbonyl (C=O) groups excluding carboxylic acids is 5. The van der Waals surface area contributed by atoms with Crippen molar-refractivity contribution < 1.29 is 38.2 Å². The van der Waals surface area contributed by atoms with Crippen molar-refractivity contribution in [2.75, 3.05) is 52.4 Å². The molecule has 1 heterocycles. The van der Waals surface area contributed by atoms with Gasteiger partial charge in [-0.15, -0.1) is 0 Å². The highest BCUT2D eigenvalue weighted by Crippen LogP contribution is 2.87. The van der Waals surface area contributed by atoms with Gasteiger partial charge < -0.3 is 35.9 Å². The summed E-state index contributed by atoms with van der Waals surface area (Å²) >= 11 is 0. The minimum Gasteiger partial charge on any atom is -0.464 e. The summed E-state index contributed by atoms with van der Waals surface area (Å²) in [4.78, 5) is 65.5. The zero-order valence-corrected chi connectivity index (χ0v) is 35.4. The minimum atomic E-state index is -1.04. The van der Waals surface area contributed by atoms with Gasteiger partial charge in [-0.3, -0.25) is 19.2 Å². The highest BCUT2D eigenvalue weighted by Gasteiger charge is 2.82. The molecule has 0 bridgehead atoms. The Balaban J connectivity index is 1.03. The second kappa shape index (κ2) is 17.7. The molecule has 6 rings (SSSR count). The number of Topliss-reactive ketones (excluding diaryl/α,β-unsaturated/α-hetero) is 1. The maximum absolute atomic E-state index is 14.3. The van der Waals surface area contributed by atoms with Gasteiger partial charge in [0.15, 0.2) is 17.7 Å². The SMILES string of the molecule is CC(=O)O[C@H]1C[C@@]2(C)[C@@H]3CC[C@H]4[C@H](C)C(=O)C=C[C@@]45C[C@@]35CC[C@]2(C)[C@H]1[C@H](C)[C@H]1OC(=O)C=C([C@@H](C)COC(=O)CNCCCNCCCCNCCCN)C1=O. The van der Waals surface area contributed by atoms with E-state index < -0.39 is 36.0 Å². The molecule has 57 heavy (non-hydrogen) atoms. The Morgan fingerprint density at radius 3 is 2.33 bits per heavy atom. The first kappa shape index (κ1) is 43.6. The number of cyclic esters (lactones) is 1. The summed E-state index contributed by atoms with van der Waals surface area (Å²) in [6, 6.07) is 0. The van der Waals surface area contributed by atoms with Crippen LogP contribution in [0.4, 0.5) is 0 Å². The number of rotatable bonds is 20. The summed E-state index contributed by atoms with van der Waals surface area (Å²) in [6.07, 6.45) is 13.7. The number of hydrogen-bond acceptors (Lipinski definition) is 12. The predicted octanol–water partition coefficient (Wildman–Crippen LogP) is 4.45. The molecule has 6 aliphatic rings. The van der Waals surface area contributed by atoms with E-state index in [-0.39, 0.29) is 64.2 Å². The van der Waals surface area contributed by atoms with Crippen molar-refractivity contribution in [1.29, 1.82) is 0 Å². The molecule has 12 heteroatoms. The largest absolute Gasteiger partial charge is 0.464 e. The summed E-state index contributed by atoms with van der Waals surface area (Å²) in [5, 5.41) is 9.94. The normalized spacial score (nSPS) is 37.5. The molecule has 4 fully saturated rings. The van der Waals surface area contributed by atoms with Crippen molar-refractivity contribution in [2.24, 2.45) is 62.9 Å². The summed E-state index contributed by atoms with van der Waals surface area (Å²) in [5.74, 6) is -1.75. The molecule has 5 N–H and O–H groups in total. The predicted molar refractivity (Wildman–Crippen MR) is 217 cm³/mol. The maximum Gasteiger partial charge on any atom is 0.331 e. The first-order valence-corrected chi connectivity index (χ1v) is 22.0. The number of ketones is 2. The first-order valence-electron chi connectivity index (χ1n) is 22.0. The quantitative estimate of drug-likeness (QED) is 0.0776. The number of fused-ring (bicyclic) bond motifs is 2. The van der Waals surface area contributed by atoms with E-state index in [1.165, 1.54) is 13.0 Å². The third-order valence-corrected chi connectivity index (χ3v) is 16.0. The van der Waals surface area contributed by atoms with Gasteiger partial charge in [-0.2, -0.15) is 0 Å². The van der Waals surface area contributed by atoms with Crippen LogP contribution in [0.15, 0.2) is 23.8 Å². The van der Waals surface area contributed by atoms with Crippen LogP contribution in [0.2, 0.25) is 0 Å². The number of unbranched alkanes of at least 4 members (excludes halogenated alkanes) is 1. The fraction of sp³-hybridized carbons (Fsp3) is 0.800. The van der Waals surface area contributed by atoms with Gasteiger partial charge in [0.2, 0.25) is 0 Å². The van der Waals surface area contributed by atoms with Gasteiger partial charge >= 0.3 is 17.9 Å². The zero-order chi connectivity index (χ0) is 41.2. The van der Waals surface area contributed by atoms with Crippen LogP contribution in [0.1, 0.15) is 106 Å². The summed E-state index contributed by atoms with van der Waals surface area (Å²) in [7, 11) is 0. The molecule has 12 atom stereocenters. The molecule has 5 aliphatic carbocycles. The van der Waals surface area contributed by atoms with E-state index >= 15 is 0 Å². The average Bonchev–Trinajstić information content (AvgIpc) is 3.78. The van der Waals surface area contributed by atoms with Crippen LogP contribution in [0.25, 0.3) is 0 Å². The van der Waals surface area contributed by atoms with Crippen molar-refractivity contribution >= 4 is 29.5 Å². The molecule has 0 aromatic heterocycles. The van der Waals surface area contributed by atoms with Crippen LogP contribution >= 0.6 is 0 Å². The standard InChI is InChI=1S/C45H70N4O8/c1-28(26-55-38(53)25-49-22-10-21-48-19-8-7-18-47-20-9-17-46)32-23-37(52)57-41(40(32)54)30(3)39-35(56-31(4)50)24-43(6)36-12-11-33-29(2)34(51)13-14-44(33)27-45(36,44)16-15-42(39,43)5/h13-14,23,28-30,33,35-36,39,41,47-49H,7-12,15-22,24-27,46H2,1-6H3/t28-,29-,30-,33-,35-,36-,39-,41+,42+,43-,44+,45-/m0/s1. The Labute approximate surface area is 340 Å². The Kier molecular flexibility index (Phi) is 13.6. The van der Waals surface area contributed by atoms with Gasteiger partial charge in [0.05, 0.1) is 13.2 Å². The highest BCUT2D eigenvalue weighted by molar-refractivity contribution is 6.07. The molecule has 0 radical (unpaired) electrons. The molecular formula is C45H70N4O8. The number of carbonyl (C=O) groups is 5. The second-order valence-corrected chi connectivity index (χ2v) is 19.0. The maximum atomic E-state index is 14.3. The van der Waals surface area contributed by atoms with Crippen LogP contribution in [-0.2, 0) is 38.2 Å². The molecule has 0 unspecified atom stereocenters. The molecule has 0 saturated heterocycles. The Hall–Kier alpha value is -2.93. The van der Waals surface area contributed by atoms with E-state index in [0.717, 1.165) is 84.0 Å². The van der Waals surface area contributed by atoms with E-state index in [9.17, 15) is 24.0 Å². The van der Waals surface area contributed by atoms with Gasteiger partial charge in [-0.1, -0.05) is 40.7 Å². The Morgan fingerprint density at radius 2 is 1.63 bits per heavy atom. The number of nitrogens with two attached hydrogens (primary N) is 1. The van der Waals surface area contributed by atoms with Crippen molar-refractivity contribution in [3.05, 3.63) is 23.8 Å². The summed E-state index contributed by atoms with van der Waals surface area (Å²) in [6.45, 7) is 17.2. The fourth-order valence-corrected chi connectivity index (χ4v) is 13.0. The molecule has 0 amide bonds. The van der Waals surface area contributed by atoms with Crippen molar-refractivity contribution in [3.63, 3.8) is 0 Å². The fourth-order valence-electron chi connectivity index (χ4n) is 13.0. The number of nitrogens with one attached hydrogen (secondary N) is 3. The average molecular weight is 795 g/mol. The number of ether oxygens (including phenoxy) is 3. The van der Waals surface area contributed by atoms with Crippen molar-refractivity contribution in [3.8, 4) is 0 Å². The van der Waals surface area contributed by atoms with E-state index in [1.54, 1.807) is 6.92 Å². The van der Waals surface area contributed by atoms with E-state index in [1.807, 2.05) is 13.0 Å². The molecule has 4 saturated carbocycles. The van der Waals surface area contributed by atoms with E-state index in [0.29, 0.717) is 36.9 Å².